The first-order valence-electron chi connectivity index (χ1n) is 6.81. The zero-order valence-corrected chi connectivity index (χ0v) is 10.1. The van der Waals surface area contributed by atoms with Crippen LogP contribution in [-0.2, 0) is 0 Å². The van der Waals surface area contributed by atoms with Crippen molar-refractivity contribution in [2.45, 2.75) is 44.6 Å². The summed E-state index contributed by atoms with van der Waals surface area (Å²) in [6.07, 6.45) is 6.86. The molecule has 1 saturated carbocycles. The molecule has 0 aromatic carbocycles. The largest absolute Gasteiger partial charge is 0.396 e. The molecule has 1 aliphatic carbocycles. The van der Waals surface area contributed by atoms with E-state index in [1.165, 1.54) is 19.3 Å². The quantitative estimate of drug-likeness (QED) is 0.762. The lowest BCUT2D eigenvalue weighted by atomic mass is 9.85. The van der Waals surface area contributed by atoms with Crippen LogP contribution in [0.15, 0.2) is 0 Å². The third kappa shape index (κ3) is 3.19. The van der Waals surface area contributed by atoms with Gasteiger partial charge in [0.05, 0.1) is 6.10 Å². The molecule has 1 saturated heterocycles. The summed E-state index contributed by atoms with van der Waals surface area (Å²) < 4.78 is 0. The molecule has 94 valence electrons. The van der Waals surface area contributed by atoms with Crippen LogP contribution in [0, 0.1) is 11.8 Å². The minimum atomic E-state index is -0.0654. The third-order valence-corrected chi connectivity index (χ3v) is 4.33. The highest BCUT2D eigenvalue weighted by Crippen LogP contribution is 2.26. The Bertz CT molecular complexity index is 202. The van der Waals surface area contributed by atoms with Crippen LogP contribution in [-0.4, -0.2) is 47.5 Å². The van der Waals surface area contributed by atoms with Gasteiger partial charge in [-0.1, -0.05) is 12.8 Å². The lowest BCUT2D eigenvalue weighted by Crippen LogP contribution is -2.41. The highest BCUT2D eigenvalue weighted by Gasteiger charge is 2.27. The molecule has 0 spiro atoms. The van der Waals surface area contributed by atoms with Crippen LogP contribution in [0.3, 0.4) is 0 Å². The lowest BCUT2D eigenvalue weighted by molar-refractivity contribution is 0.0347. The number of aliphatic hydroxyl groups excluding tert-OH is 2. The van der Waals surface area contributed by atoms with E-state index in [9.17, 15) is 5.11 Å². The predicted octanol–water partition coefficient (Wildman–Crippen LogP) is 1.24. The van der Waals surface area contributed by atoms with E-state index in [1.807, 2.05) is 0 Å². The van der Waals surface area contributed by atoms with Gasteiger partial charge >= 0.3 is 0 Å². The molecule has 0 aromatic heterocycles. The van der Waals surface area contributed by atoms with Crippen molar-refractivity contribution in [2.75, 3.05) is 26.2 Å². The van der Waals surface area contributed by atoms with E-state index >= 15 is 0 Å². The number of rotatable bonds is 3. The maximum absolute atomic E-state index is 9.93. The van der Waals surface area contributed by atoms with Crippen molar-refractivity contribution in [1.29, 1.82) is 0 Å². The number of nitrogens with zero attached hydrogens (tertiary/aromatic N) is 1. The van der Waals surface area contributed by atoms with Crippen LogP contribution in [0.1, 0.15) is 38.5 Å². The first kappa shape index (κ1) is 12.3. The first-order chi connectivity index (χ1) is 7.79. The van der Waals surface area contributed by atoms with E-state index in [0.717, 1.165) is 38.9 Å². The van der Waals surface area contributed by atoms with Crippen LogP contribution in [0.5, 0.6) is 0 Å². The Morgan fingerprint density at radius 2 is 1.69 bits per heavy atom. The highest BCUT2D eigenvalue weighted by molar-refractivity contribution is 4.80. The van der Waals surface area contributed by atoms with Gasteiger partial charge in [-0.15, -0.1) is 0 Å². The lowest BCUT2D eigenvalue weighted by Gasteiger charge is -2.36. The molecule has 1 heterocycles. The van der Waals surface area contributed by atoms with Gasteiger partial charge < -0.3 is 15.1 Å². The van der Waals surface area contributed by atoms with Gasteiger partial charge in [-0.3, -0.25) is 0 Å². The zero-order chi connectivity index (χ0) is 11.4. The Morgan fingerprint density at radius 1 is 1.00 bits per heavy atom. The van der Waals surface area contributed by atoms with Gasteiger partial charge in [0.1, 0.15) is 0 Å². The summed E-state index contributed by atoms with van der Waals surface area (Å²) in [6, 6.07) is 0. The average molecular weight is 227 g/mol. The molecule has 0 bridgehead atoms. The van der Waals surface area contributed by atoms with Crippen molar-refractivity contribution in [1.82, 2.24) is 4.90 Å². The molecule has 2 fully saturated rings. The minimum absolute atomic E-state index is 0.0654. The van der Waals surface area contributed by atoms with Gasteiger partial charge in [0.15, 0.2) is 0 Å². The SMILES string of the molecule is OCC1CCN(CC2CCCCC2O)CC1. The third-order valence-electron chi connectivity index (χ3n) is 4.33. The molecule has 3 nitrogen and oxygen atoms in total. The van der Waals surface area contributed by atoms with Crippen LogP contribution in [0.25, 0.3) is 0 Å². The Labute approximate surface area is 98.5 Å². The van der Waals surface area contributed by atoms with Gasteiger partial charge in [-0.25, -0.2) is 0 Å². The number of piperidine rings is 1. The molecule has 0 amide bonds. The minimum Gasteiger partial charge on any atom is -0.396 e. The molecule has 3 heteroatoms. The summed E-state index contributed by atoms with van der Waals surface area (Å²) >= 11 is 0. The molecular weight excluding hydrogens is 202 g/mol. The van der Waals surface area contributed by atoms with Crippen LogP contribution < -0.4 is 0 Å². The second kappa shape index (κ2) is 5.99. The van der Waals surface area contributed by atoms with E-state index in [0.29, 0.717) is 18.4 Å². The molecule has 2 aliphatic rings. The number of hydrogen-bond acceptors (Lipinski definition) is 3. The zero-order valence-electron chi connectivity index (χ0n) is 10.1. The van der Waals surface area contributed by atoms with Crippen molar-refractivity contribution in [2.24, 2.45) is 11.8 Å². The summed E-state index contributed by atoms with van der Waals surface area (Å²) in [5.41, 5.74) is 0. The fourth-order valence-corrected chi connectivity index (χ4v) is 3.08. The fraction of sp³-hybridized carbons (Fsp3) is 1.00. The molecule has 2 rings (SSSR count). The molecule has 2 atom stereocenters. The highest BCUT2D eigenvalue weighted by atomic mass is 16.3. The van der Waals surface area contributed by atoms with Crippen molar-refractivity contribution in [3.63, 3.8) is 0 Å². The molecular formula is C13H25NO2. The van der Waals surface area contributed by atoms with Gasteiger partial charge in [-0.2, -0.15) is 0 Å². The topological polar surface area (TPSA) is 43.7 Å². The Hall–Kier alpha value is -0.120. The smallest absolute Gasteiger partial charge is 0.0580 e. The summed E-state index contributed by atoms with van der Waals surface area (Å²) in [5, 5.41) is 19.0. The fourth-order valence-electron chi connectivity index (χ4n) is 3.08. The standard InChI is InChI=1S/C13H25NO2/c15-10-11-5-7-14(8-6-11)9-12-3-1-2-4-13(12)16/h11-13,15-16H,1-10H2. The van der Waals surface area contributed by atoms with E-state index in [2.05, 4.69) is 4.90 Å². The van der Waals surface area contributed by atoms with Crippen LogP contribution >= 0.6 is 0 Å². The second-order valence-corrected chi connectivity index (χ2v) is 5.54. The molecule has 0 radical (unpaired) electrons. The van der Waals surface area contributed by atoms with E-state index in [4.69, 9.17) is 5.11 Å². The first-order valence-corrected chi connectivity index (χ1v) is 6.81. The maximum atomic E-state index is 9.93. The summed E-state index contributed by atoms with van der Waals surface area (Å²) in [5.74, 6) is 1.02. The van der Waals surface area contributed by atoms with Crippen LogP contribution in [0.4, 0.5) is 0 Å². The normalized spacial score (nSPS) is 34.1. The van der Waals surface area contributed by atoms with Crippen molar-refractivity contribution >= 4 is 0 Å². The van der Waals surface area contributed by atoms with Gasteiger partial charge in [0, 0.05) is 13.2 Å². The molecule has 16 heavy (non-hydrogen) atoms. The van der Waals surface area contributed by atoms with E-state index in [-0.39, 0.29) is 6.10 Å². The van der Waals surface area contributed by atoms with Crippen LogP contribution in [0.2, 0.25) is 0 Å². The number of likely N-dealkylation sites (tertiary alicyclic amines) is 1. The van der Waals surface area contributed by atoms with Crippen molar-refractivity contribution in [3.05, 3.63) is 0 Å². The Kier molecular flexibility index (Phi) is 4.62. The Morgan fingerprint density at radius 3 is 2.31 bits per heavy atom. The predicted molar refractivity (Wildman–Crippen MR) is 64.2 cm³/mol. The number of hydrogen-bond donors (Lipinski definition) is 2. The summed E-state index contributed by atoms with van der Waals surface area (Å²) in [4.78, 5) is 2.48. The van der Waals surface area contributed by atoms with Gasteiger partial charge in [0.2, 0.25) is 0 Å². The monoisotopic (exact) mass is 227 g/mol. The molecule has 1 aliphatic heterocycles. The molecule has 0 aromatic rings. The molecule has 2 N–H and O–H groups in total. The summed E-state index contributed by atoms with van der Waals surface area (Å²) in [6.45, 7) is 3.63. The summed E-state index contributed by atoms with van der Waals surface area (Å²) in [7, 11) is 0. The Balaban J connectivity index is 1.73. The second-order valence-electron chi connectivity index (χ2n) is 5.54. The van der Waals surface area contributed by atoms with Gasteiger partial charge in [-0.05, 0) is 50.6 Å². The average Bonchev–Trinajstić information content (AvgIpc) is 2.33. The van der Waals surface area contributed by atoms with E-state index < -0.39 is 0 Å². The molecule has 2 unspecified atom stereocenters. The maximum Gasteiger partial charge on any atom is 0.0580 e. The van der Waals surface area contributed by atoms with Gasteiger partial charge in [0.25, 0.3) is 0 Å². The van der Waals surface area contributed by atoms with Crippen molar-refractivity contribution in [3.8, 4) is 0 Å². The number of aliphatic hydroxyl groups is 2. The van der Waals surface area contributed by atoms with Crippen molar-refractivity contribution < 1.29 is 10.2 Å². The van der Waals surface area contributed by atoms with E-state index in [1.54, 1.807) is 0 Å².